The van der Waals surface area contributed by atoms with Gasteiger partial charge in [0.15, 0.2) is 5.13 Å². The van der Waals surface area contributed by atoms with E-state index in [9.17, 15) is 14.7 Å². The standard InChI is InChI=1S/C27H25N3O3S/c1-18-12-13-20(16-28-18)22-10-6-7-11-23(22)24-17-34-27(29-24)30(2)26(33)21(15-25(31)32)14-19-8-4-3-5-9-19/h3-13,16-17,21H,14-15H2,1-2H3,(H,31,32). The molecule has 0 bridgehead atoms. The number of benzene rings is 2. The number of carboxylic acid groups (broad SMARTS) is 1. The molecule has 1 amide bonds. The number of amides is 1. The molecule has 7 heteroatoms. The number of anilines is 1. The summed E-state index contributed by atoms with van der Waals surface area (Å²) in [5.41, 5.74) is 5.58. The fourth-order valence-electron chi connectivity index (χ4n) is 3.85. The predicted molar refractivity (Wildman–Crippen MR) is 135 cm³/mol. The Bertz CT molecular complexity index is 1290. The van der Waals surface area contributed by atoms with Gasteiger partial charge in [-0.15, -0.1) is 11.3 Å². The molecule has 0 spiro atoms. The molecule has 0 fully saturated rings. The van der Waals surface area contributed by atoms with Crippen LogP contribution in [0.1, 0.15) is 17.7 Å². The maximum atomic E-state index is 13.3. The quantitative estimate of drug-likeness (QED) is 0.368. The van der Waals surface area contributed by atoms with Gasteiger partial charge < -0.3 is 5.11 Å². The molecule has 172 valence electrons. The summed E-state index contributed by atoms with van der Waals surface area (Å²) in [6, 6.07) is 21.4. The van der Waals surface area contributed by atoms with Gasteiger partial charge in [0.2, 0.25) is 5.91 Å². The van der Waals surface area contributed by atoms with Crippen molar-refractivity contribution in [2.45, 2.75) is 19.8 Å². The average molecular weight is 472 g/mol. The molecule has 1 atom stereocenters. The summed E-state index contributed by atoms with van der Waals surface area (Å²) in [6.45, 7) is 1.95. The minimum atomic E-state index is -0.997. The molecule has 34 heavy (non-hydrogen) atoms. The van der Waals surface area contributed by atoms with Crippen LogP contribution in [0.3, 0.4) is 0 Å². The molecule has 2 aromatic carbocycles. The first kappa shape index (κ1) is 23.3. The van der Waals surface area contributed by atoms with Crippen molar-refractivity contribution in [3.8, 4) is 22.4 Å². The summed E-state index contributed by atoms with van der Waals surface area (Å²) in [5, 5.41) is 11.8. The van der Waals surface area contributed by atoms with Gasteiger partial charge in [0.1, 0.15) is 0 Å². The molecular formula is C27H25N3O3S. The fourth-order valence-corrected chi connectivity index (χ4v) is 4.65. The zero-order valence-corrected chi connectivity index (χ0v) is 19.8. The van der Waals surface area contributed by atoms with Crippen molar-refractivity contribution >= 4 is 28.3 Å². The van der Waals surface area contributed by atoms with Gasteiger partial charge in [0.05, 0.1) is 18.0 Å². The number of hydrogen-bond acceptors (Lipinski definition) is 5. The van der Waals surface area contributed by atoms with Crippen LogP contribution in [0.25, 0.3) is 22.4 Å². The predicted octanol–water partition coefficient (Wildman–Crippen LogP) is 5.48. The van der Waals surface area contributed by atoms with Crippen LogP contribution in [0.2, 0.25) is 0 Å². The third-order valence-electron chi connectivity index (χ3n) is 5.63. The zero-order chi connectivity index (χ0) is 24.1. The zero-order valence-electron chi connectivity index (χ0n) is 19.0. The first-order chi connectivity index (χ1) is 16.4. The number of carbonyl (C=O) groups excluding carboxylic acids is 1. The number of aryl methyl sites for hydroxylation is 1. The maximum absolute atomic E-state index is 13.3. The molecule has 4 aromatic rings. The lowest BCUT2D eigenvalue weighted by molar-refractivity contribution is -0.140. The number of pyridine rings is 1. The third-order valence-corrected chi connectivity index (χ3v) is 6.55. The lowest BCUT2D eigenvalue weighted by Gasteiger charge is -2.21. The Kier molecular flexibility index (Phi) is 7.13. The third kappa shape index (κ3) is 5.38. The van der Waals surface area contributed by atoms with Gasteiger partial charge in [-0.25, -0.2) is 4.98 Å². The Morgan fingerprint density at radius 3 is 2.38 bits per heavy atom. The molecule has 1 N–H and O–H groups in total. The molecule has 0 saturated carbocycles. The van der Waals surface area contributed by atoms with Crippen molar-refractivity contribution in [3.63, 3.8) is 0 Å². The van der Waals surface area contributed by atoms with E-state index < -0.39 is 11.9 Å². The number of carboxylic acids is 1. The van der Waals surface area contributed by atoms with Gasteiger partial charge in [-0.3, -0.25) is 19.5 Å². The average Bonchev–Trinajstić information content (AvgIpc) is 3.34. The van der Waals surface area contributed by atoms with Crippen molar-refractivity contribution in [1.29, 1.82) is 0 Å². The number of thiazole rings is 1. The maximum Gasteiger partial charge on any atom is 0.304 e. The van der Waals surface area contributed by atoms with Crippen molar-refractivity contribution < 1.29 is 14.7 Å². The van der Waals surface area contributed by atoms with E-state index in [0.29, 0.717) is 11.6 Å². The van der Waals surface area contributed by atoms with E-state index in [-0.39, 0.29) is 12.3 Å². The van der Waals surface area contributed by atoms with Crippen molar-refractivity contribution in [3.05, 3.63) is 89.6 Å². The van der Waals surface area contributed by atoms with Gasteiger partial charge in [0.25, 0.3) is 0 Å². The minimum Gasteiger partial charge on any atom is -0.481 e. The van der Waals surface area contributed by atoms with Gasteiger partial charge in [-0.2, -0.15) is 0 Å². The van der Waals surface area contributed by atoms with Crippen LogP contribution < -0.4 is 4.90 Å². The van der Waals surface area contributed by atoms with Gasteiger partial charge in [0, 0.05) is 35.4 Å². The van der Waals surface area contributed by atoms with Gasteiger partial charge >= 0.3 is 5.97 Å². The molecule has 6 nitrogen and oxygen atoms in total. The lowest BCUT2D eigenvalue weighted by atomic mass is 9.95. The van der Waals surface area contributed by atoms with Crippen LogP contribution in [-0.4, -0.2) is 34.0 Å². The highest BCUT2D eigenvalue weighted by atomic mass is 32.1. The second-order valence-corrected chi connectivity index (χ2v) is 8.97. The monoisotopic (exact) mass is 471 g/mol. The van der Waals surface area contributed by atoms with Crippen LogP contribution in [0, 0.1) is 12.8 Å². The van der Waals surface area contributed by atoms with Crippen LogP contribution >= 0.6 is 11.3 Å². The van der Waals surface area contributed by atoms with Crippen LogP contribution in [-0.2, 0) is 16.0 Å². The molecule has 1 unspecified atom stereocenters. The molecule has 0 aliphatic carbocycles. The molecular weight excluding hydrogens is 446 g/mol. The Morgan fingerprint density at radius 2 is 1.71 bits per heavy atom. The van der Waals surface area contributed by atoms with E-state index in [0.717, 1.165) is 33.6 Å². The molecule has 0 aliphatic heterocycles. The van der Waals surface area contributed by atoms with E-state index >= 15 is 0 Å². The van der Waals surface area contributed by atoms with Gasteiger partial charge in [-0.1, -0.05) is 60.7 Å². The molecule has 0 saturated heterocycles. The van der Waals surface area contributed by atoms with E-state index in [1.165, 1.54) is 16.2 Å². The number of hydrogen-bond donors (Lipinski definition) is 1. The van der Waals surface area contributed by atoms with E-state index in [4.69, 9.17) is 4.98 Å². The second-order valence-electron chi connectivity index (χ2n) is 8.13. The second kappa shape index (κ2) is 10.4. The summed E-state index contributed by atoms with van der Waals surface area (Å²) in [7, 11) is 1.65. The smallest absolute Gasteiger partial charge is 0.304 e. The van der Waals surface area contributed by atoms with Crippen molar-refractivity contribution in [2.24, 2.45) is 5.92 Å². The molecule has 2 aromatic heterocycles. The summed E-state index contributed by atoms with van der Waals surface area (Å²) < 4.78 is 0. The van der Waals surface area contributed by atoms with Crippen molar-refractivity contribution in [2.75, 3.05) is 11.9 Å². The Hall–Kier alpha value is -3.84. The van der Waals surface area contributed by atoms with Crippen LogP contribution in [0.5, 0.6) is 0 Å². The normalized spacial score (nSPS) is 11.7. The molecule has 0 radical (unpaired) electrons. The summed E-state index contributed by atoms with van der Waals surface area (Å²) in [4.78, 5) is 35.3. The van der Waals surface area contributed by atoms with Crippen LogP contribution in [0.15, 0.2) is 78.3 Å². The van der Waals surface area contributed by atoms with E-state index in [1.807, 2.05) is 85.2 Å². The highest BCUT2D eigenvalue weighted by Crippen LogP contribution is 2.34. The number of aromatic nitrogens is 2. The molecule has 0 aliphatic rings. The number of nitrogens with zero attached hydrogens (tertiary/aromatic N) is 3. The Balaban J connectivity index is 1.59. The SMILES string of the molecule is Cc1ccc(-c2ccccc2-c2csc(N(C)C(=O)C(CC(=O)O)Cc3ccccc3)n2)cn1. The van der Waals surface area contributed by atoms with Gasteiger partial charge in [-0.05, 0) is 30.5 Å². The van der Waals surface area contributed by atoms with Crippen LogP contribution in [0.4, 0.5) is 5.13 Å². The summed E-state index contributed by atoms with van der Waals surface area (Å²) in [5.74, 6) is -1.94. The first-order valence-corrected chi connectivity index (χ1v) is 11.8. The number of carbonyl (C=O) groups is 2. The molecule has 2 heterocycles. The number of aliphatic carboxylic acids is 1. The van der Waals surface area contributed by atoms with E-state index in [2.05, 4.69) is 4.98 Å². The summed E-state index contributed by atoms with van der Waals surface area (Å²) >= 11 is 1.36. The highest BCUT2D eigenvalue weighted by Gasteiger charge is 2.27. The highest BCUT2D eigenvalue weighted by molar-refractivity contribution is 7.14. The minimum absolute atomic E-state index is 0.237. The first-order valence-electron chi connectivity index (χ1n) is 10.9. The van der Waals surface area contributed by atoms with E-state index in [1.54, 1.807) is 7.05 Å². The lowest BCUT2D eigenvalue weighted by Crippen LogP contribution is -2.35. The number of rotatable bonds is 8. The Labute approximate surface area is 202 Å². The molecule has 4 rings (SSSR count). The largest absolute Gasteiger partial charge is 0.481 e. The Morgan fingerprint density at radius 1 is 1.00 bits per heavy atom. The topological polar surface area (TPSA) is 83.4 Å². The summed E-state index contributed by atoms with van der Waals surface area (Å²) in [6.07, 6.45) is 1.97. The van der Waals surface area contributed by atoms with Crippen molar-refractivity contribution in [1.82, 2.24) is 9.97 Å². The fraction of sp³-hybridized carbons (Fsp3) is 0.185.